The zero-order valence-corrected chi connectivity index (χ0v) is 6.06. The summed E-state index contributed by atoms with van der Waals surface area (Å²) in [7, 11) is -2.32. The maximum atomic E-state index is 10.0. The first-order valence-corrected chi connectivity index (χ1v) is 3.21. The minimum atomic E-state index is -2.32. The molecule has 0 radical (unpaired) electrons. The molecule has 0 atom stereocenters. The molecule has 0 saturated heterocycles. The highest BCUT2D eigenvalue weighted by Crippen LogP contribution is 2.10. The zero-order chi connectivity index (χ0) is 8.97. The van der Waals surface area contributed by atoms with Crippen LogP contribution in [0.3, 0.4) is 0 Å². The summed E-state index contributed by atoms with van der Waals surface area (Å²) in [6.45, 7) is 0. The summed E-state index contributed by atoms with van der Waals surface area (Å²) in [5.41, 5.74) is 0.454. The molecule has 60 valence electrons. The van der Waals surface area contributed by atoms with Gasteiger partial charge in [-0.3, -0.25) is 0 Å². The molecule has 0 aliphatic heterocycles. The number of rotatable bonds is 2. The SMILES string of the molecule is N#Cc1ccc(OB([O-])[O-])cc1. The molecule has 0 aliphatic carbocycles. The molecule has 5 heteroatoms. The van der Waals surface area contributed by atoms with Crippen LogP contribution in [-0.4, -0.2) is 7.32 Å². The third-order valence-electron chi connectivity index (χ3n) is 1.22. The second-order valence-electron chi connectivity index (χ2n) is 2.04. The zero-order valence-electron chi connectivity index (χ0n) is 6.06. The van der Waals surface area contributed by atoms with Crippen LogP contribution in [0, 0.1) is 11.3 Å². The third kappa shape index (κ3) is 2.27. The van der Waals surface area contributed by atoms with Crippen molar-refractivity contribution in [2.75, 3.05) is 0 Å². The molecule has 0 spiro atoms. The van der Waals surface area contributed by atoms with Crippen LogP contribution in [0.2, 0.25) is 0 Å². The van der Waals surface area contributed by atoms with Gasteiger partial charge in [0.25, 0.3) is 0 Å². The van der Waals surface area contributed by atoms with Gasteiger partial charge in [-0.15, -0.1) is 0 Å². The molecule has 1 aromatic rings. The van der Waals surface area contributed by atoms with E-state index in [1.54, 1.807) is 0 Å². The fourth-order valence-electron chi connectivity index (χ4n) is 0.719. The Morgan fingerprint density at radius 3 is 2.25 bits per heavy atom. The second kappa shape index (κ2) is 3.76. The summed E-state index contributed by atoms with van der Waals surface area (Å²) in [5.74, 6) is 0.184. The Morgan fingerprint density at radius 1 is 1.25 bits per heavy atom. The molecule has 0 bridgehead atoms. The Bertz CT molecular complexity index is 291. The van der Waals surface area contributed by atoms with E-state index in [1.807, 2.05) is 6.07 Å². The fraction of sp³-hybridized carbons (Fsp3) is 0. The van der Waals surface area contributed by atoms with Crippen molar-refractivity contribution < 1.29 is 14.7 Å². The molecule has 0 aromatic heterocycles. The van der Waals surface area contributed by atoms with E-state index in [0.717, 1.165) is 0 Å². The molecule has 12 heavy (non-hydrogen) atoms. The highest BCUT2D eigenvalue weighted by atomic mass is 16.6. The van der Waals surface area contributed by atoms with Gasteiger partial charge in [0, 0.05) is 0 Å². The Labute approximate surface area is 69.8 Å². The van der Waals surface area contributed by atoms with Crippen LogP contribution in [-0.2, 0) is 0 Å². The van der Waals surface area contributed by atoms with Crippen molar-refractivity contribution in [3.05, 3.63) is 29.8 Å². The average molecular weight is 161 g/mol. The van der Waals surface area contributed by atoms with Crippen LogP contribution in [0.4, 0.5) is 0 Å². The van der Waals surface area contributed by atoms with E-state index >= 15 is 0 Å². The Kier molecular flexibility index (Phi) is 2.69. The highest BCUT2D eigenvalue weighted by Gasteiger charge is 1.91. The maximum Gasteiger partial charge on any atom is 0.133 e. The number of nitriles is 1. The standard InChI is InChI=1S/C7H4BNO3/c9-5-6-1-3-7(4-2-6)12-8(10)11/h1-4H/q-2. The predicted octanol–water partition coefficient (Wildman–Crippen LogP) is -1.36. The van der Waals surface area contributed by atoms with Gasteiger partial charge in [-0.05, 0) is 24.3 Å². The number of hydrogen-bond donors (Lipinski definition) is 0. The van der Waals surface area contributed by atoms with Crippen LogP contribution in [0.25, 0.3) is 0 Å². The van der Waals surface area contributed by atoms with E-state index in [0.29, 0.717) is 5.56 Å². The number of hydrogen-bond acceptors (Lipinski definition) is 4. The predicted molar refractivity (Wildman–Crippen MR) is 37.5 cm³/mol. The lowest BCUT2D eigenvalue weighted by Crippen LogP contribution is -2.50. The lowest BCUT2D eigenvalue weighted by atomic mass is 10.2. The Balaban J connectivity index is 2.73. The van der Waals surface area contributed by atoms with Crippen LogP contribution >= 0.6 is 0 Å². The van der Waals surface area contributed by atoms with E-state index in [2.05, 4.69) is 4.65 Å². The minimum Gasteiger partial charge on any atom is -0.860 e. The first-order chi connectivity index (χ1) is 5.72. The minimum absolute atomic E-state index is 0.184. The second-order valence-corrected chi connectivity index (χ2v) is 2.04. The van der Waals surface area contributed by atoms with Gasteiger partial charge in [-0.1, -0.05) is 0 Å². The topological polar surface area (TPSA) is 79.1 Å². The van der Waals surface area contributed by atoms with Crippen molar-refractivity contribution in [3.63, 3.8) is 0 Å². The monoisotopic (exact) mass is 161 g/mol. The van der Waals surface area contributed by atoms with Gasteiger partial charge in [0.05, 0.1) is 17.4 Å². The molecule has 0 N–H and O–H groups in total. The van der Waals surface area contributed by atoms with Crippen LogP contribution < -0.4 is 14.7 Å². The van der Waals surface area contributed by atoms with Gasteiger partial charge in [-0.25, -0.2) is 0 Å². The Morgan fingerprint density at radius 2 is 1.83 bits per heavy atom. The summed E-state index contributed by atoms with van der Waals surface area (Å²) in [4.78, 5) is 0. The van der Waals surface area contributed by atoms with Gasteiger partial charge in [0.1, 0.15) is 7.32 Å². The molecular weight excluding hydrogens is 157 g/mol. The summed E-state index contributed by atoms with van der Waals surface area (Å²) >= 11 is 0. The van der Waals surface area contributed by atoms with Crippen LogP contribution in [0.1, 0.15) is 5.56 Å². The van der Waals surface area contributed by atoms with Crippen LogP contribution in [0.15, 0.2) is 24.3 Å². The summed E-state index contributed by atoms with van der Waals surface area (Å²) in [5, 5.41) is 28.4. The first kappa shape index (κ1) is 8.59. The fourth-order valence-corrected chi connectivity index (χ4v) is 0.719. The van der Waals surface area contributed by atoms with Crippen molar-refractivity contribution in [2.24, 2.45) is 0 Å². The van der Waals surface area contributed by atoms with Crippen molar-refractivity contribution in [3.8, 4) is 11.8 Å². The largest absolute Gasteiger partial charge is 0.860 e. The molecule has 0 aliphatic rings. The molecule has 4 nitrogen and oxygen atoms in total. The highest BCUT2D eigenvalue weighted by molar-refractivity contribution is 6.29. The number of benzene rings is 1. The van der Waals surface area contributed by atoms with Gasteiger partial charge in [0.2, 0.25) is 0 Å². The molecule has 1 rings (SSSR count). The molecule has 0 saturated carbocycles. The van der Waals surface area contributed by atoms with E-state index < -0.39 is 7.32 Å². The van der Waals surface area contributed by atoms with Crippen molar-refractivity contribution in [1.82, 2.24) is 0 Å². The third-order valence-corrected chi connectivity index (χ3v) is 1.22. The lowest BCUT2D eigenvalue weighted by molar-refractivity contribution is -0.372. The molecule has 0 unspecified atom stereocenters. The Hall–Kier alpha value is -1.51. The van der Waals surface area contributed by atoms with Crippen molar-refractivity contribution >= 4 is 7.32 Å². The van der Waals surface area contributed by atoms with Gasteiger partial charge < -0.3 is 14.7 Å². The molecule has 0 amide bonds. The smallest absolute Gasteiger partial charge is 0.133 e. The van der Waals surface area contributed by atoms with Crippen molar-refractivity contribution in [2.45, 2.75) is 0 Å². The first-order valence-electron chi connectivity index (χ1n) is 3.21. The normalized spacial score (nSPS) is 8.75. The molecular formula is C7H4BNO3-2. The summed E-state index contributed by atoms with van der Waals surface area (Å²) in [6.07, 6.45) is 0. The molecule has 0 heterocycles. The van der Waals surface area contributed by atoms with Crippen LogP contribution in [0.5, 0.6) is 5.75 Å². The van der Waals surface area contributed by atoms with Gasteiger partial charge in [-0.2, -0.15) is 5.26 Å². The van der Waals surface area contributed by atoms with Crippen molar-refractivity contribution in [1.29, 1.82) is 5.26 Å². The summed E-state index contributed by atoms with van der Waals surface area (Å²) < 4.78 is 4.29. The number of nitrogens with zero attached hydrogens (tertiary/aromatic N) is 1. The van der Waals surface area contributed by atoms with Gasteiger partial charge in [0.15, 0.2) is 0 Å². The lowest BCUT2D eigenvalue weighted by Gasteiger charge is -2.26. The van der Waals surface area contributed by atoms with E-state index in [1.165, 1.54) is 24.3 Å². The van der Waals surface area contributed by atoms with E-state index in [4.69, 9.17) is 5.26 Å². The van der Waals surface area contributed by atoms with E-state index in [-0.39, 0.29) is 5.75 Å². The summed E-state index contributed by atoms with van der Waals surface area (Å²) in [6, 6.07) is 7.64. The van der Waals surface area contributed by atoms with Gasteiger partial charge >= 0.3 is 0 Å². The quantitative estimate of drug-likeness (QED) is 0.501. The molecule has 0 fully saturated rings. The van der Waals surface area contributed by atoms with E-state index in [9.17, 15) is 10.0 Å². The maximum absolute atomic E-state index is 10.0. The molecule has 1 aromatic carbocycles. The average Bonchev–Trinajstić information content (AvgIpc) is 2.05.